The second-order valence-corrected chi connectivity index (χ2v) is 10.5. The zero-order valence-corrected chi connectivity index (χ0v) is 24.9. The predicted octanol–water partition coefficient (Wildman–Crippen LogP) is 5.99. The summed E-state index contributed by atoms with van der Waals surface area (Å²) in [5.74, 6) is -1.40. The number of imide groups is 2. The molecule has 4 rings (SSSR count). The summed E-state index contributed by atoms with van der Waals surface area (Å²) < 4.78 is 12.1. The fraction of sp³-hybridized carbons (Fsp3) is 0.143. The molecule has 0 atom stereocenters. The Labute approximate surface area is 253 Å². The van der Waals surface area contributed by atoms with E-state index in [2.05, 4.69) is 10.6 Å². The minimum absolute atomic E-state index is 0.224. The number of anilines is 2. The molecule has 0 saturated carbocycles. The second-order valence-electron chi connectivity index (χ2n) is 8.50. The summed E-state index contributed by atoms with van der Waals surface area (Å²) in [6, 6.07) is 13.7. The standard InChI is InChI=1S/C28H22Cl2IN3O6/c1-3-39-23-12-16(11-22(31)25(23)40-14-24(35)32-18-7-5-17(29)6-8-18)10-20-26(36)33-28(38)34(27(20)37)19-9-4-15(2)21(30)13-19/h4-13H,3,14H2,1-2H3,(H,32,35)(H,33,36,38)/b20-10+. The van der Waals surface area contributed by atoms with Crippen molar-refractivity contribution in [1.29, 1.82) is 0 Å². The minimum Gasteiger partial charge on any atom is -0.490 e. The van der Waals surface area contributed by atoms with Crippen LogP contribution in [0, 0.1) is 10.5 Å². The van der Waals surface area contributed by atoms with Crippen LogP contribution >= 0.6 is 45.8 Å². The van der Waals surface area contributed by atoms with Gasteiger partial charge in [0, 0.05) is 15.7 Å². The van der Waals surface area contributed by atoms with Gasteiger partial charge in [0.15, 0.2) is 18.1 Å². The third kappa shape index (κ3) is 6.75. The summed E-state index contributed by atoms with van der Waals surface area (Å²) in [6.45, 7) is 3.56. The first-order valence-electron chi connectivity index (χ1n) is 11.9. The van der Waals surface area contributed by atoms with Crippen LogP contribution in [0.2, 0.25) is 10.0 Å². The maximum atomic E-state index is 13.3. The molecule has 9 nitrogen and oxygen atoms in total. The highest BCUT2D eigenvalue weighted by Crippen LogP contribution is 2.35. The van der Waals surface area contributed by atoms with Gasteiger partial charge in [0.1, 0.15) is 5.57 Å². The lowest BCUT2D eigenvalue weighted by Gasteiger charge is -2.26. The number of hydrogen-bond donors (Lipinski definition) is 2. The van der Waals surface area contributed by atoms with Gasteiger partial charge in [-0.25, -0.2) is 9.69 Å². The van der Waals surface area contributed by atoms with Crippen molar-refractivity contribution in [2.75, 3.05) is 23.4 Å². The minimum atomic E-state index is -0.878. The number of nitrogens with one attached hydrogen (secondary N) is 2. The predicted molar refractivity (Wildman–Crippen MR) is 161 cm³/mol. The number of ether oxygens (including phenoxy) is 2. The van der Waals surface area contributed by atoms with Crippen LogP contribution in [0.25, 0.3) is 6.08 Å². The van der Waals surface area contributed by atoms with Gasteiger partial charge >= 0.3 is 6.03 Å². The second kappa shape index (κ2) is 12.7. The van der Waals surface area contributed by atoms with E-state index in [0.29, 0.717) is 43.0 Å². The monoisotopic (exact) mass is 693 g/mol. The van der Waals surface area contributed by atoms with Crippen molar-refractivity contribution >= 4 is 87.0 Å². The lowest BCUT2D eigenvalue weighted by atomic mass is 10.1. The zero-order valence-electron chi connectivity index (χ0n) is 21.2. The highest BCUT2D eigenvalue weighted by atomic mass is 127. The number of carbonyl (C=O) groups is 4. The van der Waals surface area contributed by atoms with Crippen LogP contribution in [0.5, 0.6) is 11.5 Å². The number of hydrogen-bond acceptors (Lipinski definition) is 6. The van der Waals surface area contributed by atoms with Crippen molar-refractivity contribution in [1.82, 2.24) is 5.32 Å². The van der Waals surface area contributed by atoms with E-state index in [0.717, 1.165) is 10.5 Å². The van der Waals surface area contributed by atoms with Gasteiger partial charge in [0.2, 0.25) is 0 Å². The van der Waals surface area contributed by atoms with Crippen molar-refractivity contribution in [2.45, 2.75) is 13.8 Å². The van der Waals surface area contributed by atoms with Crippen molar-refractivity contribution in [2.24, 2.45) is 0 Å². The van der Waals surface area contributed by atoms with Crippen LogP contribution in [0.15, 0.2) is 60.2 Å². The van der Waals surface area contributed by atoms with Crippen LogP contribution in [-0.2, 0) is 14.4 Å². The van der Waals surface area contributed by atoms with Crippen LogP contribution < -0.4 is 25.0 Å². The van der Waals surface area contributed by atoms with E-state index in [1.54, 1.807) is 62.4 Å². The summed E-state index contributed by atoms with van der Waals surface area (Å²) in [6.07, 6.45) is 1.36. The molecule has 1 fully saturated rings. The van der Waals surface area contributed by atoms with Crippen molar-refractivity contribution in [3.63, 3.8) is 0 Å². The highest BCUT2D eigenvalue weighted by Gasteiger charge is 2.37. The molecular weight excluding hydrogens is 672 g/mol. The van der Waals surface area contributed by atoms with Gasteiger partial charge in [-0.1, -0.05) is 29.3 Å². The SMILES string of the molecule is CCOc1cc(/C=C2\C(=O)NC(=O)N(c3ccc(C)c(Cl)c3)C2=O)cc(I)c1OCC(=O)Nc1ccc(Cl)cc1. The topological polar surface area (TPSA) is 114 Å². The molecule has 1 aliphatic heterocycles. The molecule has 0 aromatic heterocycles. The Morgan fingerprint density at radius 2 is 1.77 bits per heavy atom. The molecule has 2 N–H and O–H groups in total. The molecule has 0 spiro atoms. The Hall–Kier alpha value is -3.61. The Balaban J connectivity index is 1.58. The molecule has 3 aromatic carbocycles. The maximum Gasteiger partial charge on any atom is 0.335 e. The Morgan fingerprint density at radius 3 is 2.45 bits per heavy atom. The Morgan fingerprint density at radius 1 is 1.05 bits per heavy atom. The molecule has 1 heterocycles. The van der Waals surface area contributed by atoms with Crippen molar-refractivity contribution in [3.05, 3.63) is 84.9 Å². The number of aryl methyl sites for hydroxylation is 1. The molecule has 1 aliphatic rings. The van der Waals surface area contributed by atoms with E-state index in [9.17, 15) is 19.2 Å². The molecule has 0 radical (unpaired) electrons. The van der Waals surface area contributed by atoms with E-state index >= 15 is 0 Å². The van der Waals surface area contributed by atoms with Gasteiger partial charge in [-0.2, -0.15) is 0 Å². The molecule has 0 unspecified atom stereocenters. The van der Waals surface area contributed by atoms with E-state index in [-0.39, 0.29) is 17.9 Å². The summed E-state index contributed by atoms with van der Waals surface area (Å²) in [5.41, 5.74) is 1.74. The number of halogens is 3. The van der Waals surface area contributed by atoms with Gasteiger partial charge in [-0.05, 0) is 102 Å². The summed E-state index contributed by atoms with van der Waals surface area (Å²) >= 11 is 14.1. The Bertz CT molecular complexity index is 1540. The number of benzene rings is 3. The first kappa shape index (κ1) is 29.4. The average Bonchev–Trinajstić information content (AvgIpc) is 2.89. The smallest absolute Gasteiger partial charge is 0.335 e. The number of nitrogens with zero attached hydrogens (tertiary/aromatic N) is 1. The van der Waals surface area contributed by atoms with E-state index in [1.807, 2.05) is 22.6 Å². The fourth-order valence-corrected chi connectivity index (χ4v) is 4.80. The van der Waals surface area contributed by atoms with E-state index in [4.69, 9.17) is 32.7 Å². The van der Waals surface area contributed by atoms with Gasteiger partial charge in [-0.3, -0.25) is 19.7 Å². The van der Waals surface area contributed by atoms with Gasteiger partial charge in [-0.15, -0.1) is 0 Å². The molecule has 40 heavy (non-hydrogen) atoms. The van der Waals surface area contributed by atoms with E-state index < -0.39 is 23.8 Å². The molecular formula is C28H22Cl2IN3O6. The van der Waals surface area contributed by atoms with Gasteiger partial charge < -0.3 is 14.8 Å². The number of amides is 5. The third-order valence-electron chi connectivity index (χ3n) is 5.63. The summed E-state index contributed by atoms with van der Waals surface area (Å²) in [5, 5.41) is 5.82. The number of urea groups is 1. The van der Waals surface area contributed by atoms with Gasteiger partial charge in [0.25, 0.3) is 17.7 Å². The number of barbiturate groups is 1. The Kier molecular flexibility index (Phi) is 9.33. The summed E-state index contributed by atoms with van der Waals surface area (Å²) in [7, 11) is 0. The molecule has 206 valence electrons. The molecule has 12 heteroatoms. The number of rotatable bonds is 8. The highest BCUT2D eigenvalue weighted by molar-refractivity contribution is 14.1. The number of carbonyl (C=O) groups excluding carboxylic acids is 4. The first-order valence-corrected chi connectivity index (χ1v) is 13.7. The van der Waals surface area contributed by atoms with Crippen LogP contribution in [-0.4, -0.2) is 37.0 Å². The van der Waals surface area contributed by atoms with Crippen molar-refractivity contribution < 1.29 is 28.7 Å². The van der Waals surface area contributed by atoms with Gasteiger partial charge in [0.05, 0.1) is 15.9 Å². The normalized spacial score (nSPS) is 14.3. The lowest BCUT2D eigenvalue weighted by Crippen LogP contribution is -2.54. The van der Waals surface area contributed by atoms with Crippen LogP contribution in [0.1, 0.15) is 18.1 Å². The molecule has 3 aromatic rings. The third-order valence-corrected chi connectivity index (χ3v) is 7.09. The molecule has 5 amide bonds. The average molecular weight is 694 g/mol. The largest absolute Gasteiger partial charge is 0.490 e. The zero-order chi connectivity index (χ0) is 29.0. The quantitative estimate of drug-likeness (QED) is 0.170. The van der Waals surface area contributed by atoms with Crippen LogP contribution in [0.3, 0.4) is 0 Å². The first-order chi connectivity index (χ1) is 19.1. The summed E-state index contributed by atoms with van der Waals surface area (Å²) in [4.78, 5) is 51.7. The van der Waals surface area contributed by atoms with Crippen LogP contribution in [0.4, 0.5) is 16.2 Å². The molecule has 0 aliphatic carbocycles. The fourth-order valence-electron chi connectivity index (χ4n) is 3.72. The van der Waals surface area contributed by atoms with Crippen molar-refractivity contribution in [3.8, 4) is 11.5 Å². The molecule has 1 saturated heterocycles. The maximum absolute atomic E-state index is 13.3. The lowest BCUT2D eigenvalue weighted by molar-refractivity contribution is -0.122. The molecule has 0 bridgehead atoms. The van der Waals surface area contributed by atoms with E-state index in [1.165, 1.54) is 12.1 Å².